The summed E-state index contributed by atoms with van der Waals surface area (Å²) in [7, 11) is 0. The predicted octanol–water partition coefficient (Wildman–Crippen LogP) is 2.26. The Labute approximate surface area is 132 Å². The van der Waals surface area contributed by atoms with Crippen LogP contribution in [0.3, 0.4) is 0 Å². The highest BCUT2D eigenvalue weighted by Crippen LogP contribution is 2.21. The molecule has 0 bridgehead atoms. The zero-order valence-corrected chi connectivity index (χ0v) is 12.5. The summed E-state index contributed by atoms with van der Waals surface area (Å²) in [5.41, 5.74) is 0.473. The quantitative estimate of drug-likeness (QED) is 0.531. The van der Waals surface area contributed by atoms with Crippen molar-refractivity contribution in [3.05, 3.63) is 41.7 Å². The van der Waals surface area contributed by atoms with Gasteiger partial charge in [-0.05, 0) is 30.3 Å². The number of hydrogen-bond donors (Lipinski definition) is 3. The van der Waals surface area contributed by atoms with Crippen molar-refractivity contribution in [2.24, 2.45) is 0 Å². The van der Waals surface area contributed by atoms with E-state index in [9.17, 15) is 14.0 Å². The standard InChI is InChI=1S/C15H15FN2O3S/c1-2-8-17-14(19)11-3-5-13(6-4-11)22-10-12(16)7-9-18-15(20)21/h1,3-7,18H,8-10H2,(H,17,19)(H,20,21)/b12-7-. The fourth-order valence-corrected chi connectivity index (χ4v) is 2.15. The molecule has 5 nitrogen and oxygen atoms in total. The molecule has 22 heavy (non-hydrogen) atoms. The normalized spacial score (nSPS) is 10.6. The molecule has 7 heteroatoms. The van der Waals surface area contributed by atoms with Crippen molar-refractivity contribution in [1.82, 2.24) is 10.6 Å². The van der Waals surface area contributed by atoms with Crippen LogP contribution in [0.15, 0.2) is 41.1 Å². The molecule has 1 rings (SSSR count). The number of benzene rings is 1. The number of hydrogen-bond acceptors (Lipinski definition) is 3. The Morgan fingerprint density at radius 2 is 2.00 bits per heavy atom. The maximum Gasteiger partial charge on any atom is 0.404 e. The number of carbonyl (C=O) groups excluding carboxylic acids is 1. The van der Waals surface area contributed by atoms with Crippen LogP contribution in [0, 0.1) is 12.3 Å². The third-order valence-corrected chi connectivity index (χ3v) is 3.45. The van der Waals surface area contributed by atoms with E-state index in [-0.39, 0.29) is 24.7 Å². The van der Waals surface area contributed by atoms with Gasteiger partial charge in [0.25, 0.3) is 5.91 Å². The van der Waals surface area contributed by atoms with Gasteiger partial charge in [0.15, 0.2) is 0 Å². The number of thioether (sulfide) groups is 1. The average molecular weight is 322 g/mol. The molecule has 0 spiro atoms. The highest BCUT2D eigenvalue weighted by molar-refractivity contribution is 7.99. The van der Waals surface area contributed by atoms with Crippen molar-refractivity contribution in [1.29, 1.82) is 0 Å². The molecule has 0 saturated heterocycles. The lowest BCUT2D eigenvalue weighted by Crippen LogP contribution is -2.23. The summed E-state index contributed by atoms with van der Waals surface area (Å²) in [6.07, 6.45) is 5.02. The first-order valence-electron chi connectivity index (χ1n) is 6.28. The largest absolute Gasteiger partial charge is 0.465 e. The van der Waals surface area contributed by atoms with Crippen LogP contribution in [-0.2, 0) is 0 Å². The number of halogens is 1. The summed E-state index contributed by atoms with van der Waals surface area (Å²) in [4.78, 5) is 22.6. The number of rotatable bonds is 7. The van der Waals surface area contributed by atoms with Gasteiger partial charge in [-0.15, -0.1) is 18.2 Å². The van der Waals surface area contributed by atoms with Crippen LogP contribution in [-0.4, -0.2) is 35.9 Å². The molecular weight excluding hydrogens is 307 g/mol. The van der Waals surface area contributed by atoms with E-state index in [4.69, 9.17) is 11.5 Å². The molecule has 0 aliphatic rings. The molecule has 3 N–H and O–H groups in total. The molecule has 0 radical (unpaired) electrons. The van der Waals surface area contributed by atoms with E-state index in [1.54, 1.807) is 24.3 Å². The molecule has 0 aliphatic heterocycles. The van der Waals surface area contributed by atoms with E-state index in [1.165, 1.54) is 17.8 Å². The van der Waals surface area contributed by atoms with Gasteiger partial charge in [0, 0.05) is 22.8 Å². The molecule has 0 atom stereocenters. The Bertz CT molecular complexity index is 594. The Balaban J connectivity index is 2.46. The monoisotopic (exact) mass is 322 g/mol. The average Bonchev–Trinajstić information content (AvgIpc) is 2.50. The molecule has 0 aromatic heterocycles. The van der Waals surface area contributed by atoms with Gasteiger partial charge in [0.2, 0.25) is 0 Å². The lowest BCUT2D eigenvalue weighted by Gasteiger charge is -2.04. The molecule has 2 amide bonds. The second kappa shape index (κ2) is 9.47. The second-order valence-electron chi connectivity index (χ2n) is 4.04. The van der Waals surface area contributed by atoms with Crippen LogP contribution in [0.4, 0.5) is 9.18 Å². The molecular formula is C15H15FN2O3S. The topological polar surface area (TPSA) is 78.4 Å². The number of carbonyl (C=O) groups is 2. The maximum atomic E-state index is 13.4. The van der Waals surface area contributed by atoms with E-state index in [0.29, 0.717) is 5.56 Å². The fourth-order valence-electron chi connectivity index (χ4n) is 1.40. The molecule has 0 fully saturated rings. The van der Waals surface area contributed by atoms with Crippen LogP contribution in [0.1, 0.15) is 10.4 Å². The molecule has 0 unspecified atom stereocenters. The Hall–Kier alpha value is -2.46. The van der Waals surface area contributed by atoms with Gasteiger partial charge >= 0.3 is 6.09 Å². The van der Waals surface area contributed by atoms with Gasteiger partial charge < -0.3 is 15.7 Å². The minimum atomic E-state index is -1.20. The lowest BCUT2D eigenvalue weighted by molar-refractivity contribution is 0.0958. The SMILES string of the molecule is C#CCNC(=O)c1ccc(SC/C(F)=C/CNC(=O)O)cc1. The summed E-state index contributed by atoms with van der Waals surface area (Å²) in [5.74, 6) is 1.71. The predicted molar refractivity (Wildman–Crippen MR) is 83.6 cm³/mol. The Morgan fingerprint density at radius 1 is 1.32 bits per heavy atom. The summed E-state index contributed by atoms with van der Waals surface area (Å²) >= 11 is 1.24. The summed E-state index contributed by atoms with van der Waals surface area (Å²) in [6.45, 7) is 0.0890. The molecule has 0 saturated carbocycles. The van der Waals surface area contributed by atoms with Crippen LogP contribution in [0.2, 0.25) is 0 Å². The summed E-state index contributed by atoms with van der Waals surface area (Å²) < 4.78 is 13.4. The van der Waals surface area contributed by atoms with Crippen molar-refractivity contribution >= 4 is 23.8 Å². The van der Waals surface area contributed by atoms with Gasteiger partial charge in [0.05, 0.1) is 6.54 Å². The van der Waals surface area contributed by atoms with Crippen molar-refractivity contribution in [3.8, 4) is 12.3 Å². The number of nitrogens with one attached hydrogen (secondary N) is 2. The highest BCUT2D eigenvalue weighted by atomic mass is 32.2. The molecule has 0 aliphatic carbocycles. The number of amides is 2. The van der Waals surface area contributed by atoms with Crippen molar-refractivity contribution < 1.29 is 19.1 Å². The summed E-state index contributed by atoms with van der Waals surface area (Å²) in [5, 5.41) is 12.9. The first-order valence-corrected chi connectivity index (χ1v) is 7.27. The van der Waals surface area contributed by atoms with E-state index >= 15 is 0 Å². The summed E-state index contributed by atoms with van der Waals surface area (Å²) in [6, 6.07) is 6.67. The van der Waals surface area contributed by atoms with Crippen molar-refractivity contribution in [3.63, 3.8) is 0 Å². The zero-order chi connectivity index (χ0) is 16.4. The molecule has 0 heterocycles. The first kappa shape index (κ1) is 17.6. The number of carboxylic acid groups (broad SMARTS) is 1. The minimum Gasteiger partial charge on any atom is -0.465 e. The van der Waals surface area contributed by atoms with Gasteiger partial charge in [-0.1, -0.05) is 5.92 Å². The number of terminal acetylenes is 1. The van der Waals surface area contributed by atoms with E-state index in [2.05, 4.69) is 11.2 Å². The fraction of sp³-hybridized carbons (Fsp3) is 0.200. The van der Waals surface area contributed by atoms with Crippen molar-refractivity contribution in [2.45, 2.75) is 4.90 Å². The van der Waals surface area contributed by atoms with Gasteiger partial charge in [-0.25, -0.2) is 9.18 Å². The Morgan fingerprint density at radius 3 is 2.59 bits per heavy atom. The van der Waals surface area contributed by atoms with E-state index < -0.39 is 11.9 Å². The van der Waals surface area contributed by atoms with Crippen LogP contribution >= 0.6 is 11.8 Å². The second-order valence-corrected chi connectivity index (χ2v) is 5.09. The third kappa shape index (κ3) is 6.81. The van der Waals surface area contributed by atoms with Gasteiger partial charge in [-0.2, -0.15) is 0 Å². The van der Waals surface area contributed by atoms with Gasteiger partial charge in [-0.3, -0.25) is 4.79 Å². The lowest BCUT2D eigenvalue weighted by atomic mass is 10.2. The van der Waals surface area contributed by atoms with Crippen molar-refractivity contribution in [2.75, 3.05) is 18.8 Å². The van der Waals surface area contributed by atoms with E-state index in [0.717, 1.165) is 4.90 Å². The van der Waals surface area contributed by atoms with Gasteiger partial charge in [0.1, 0.15) is 5.83 Å². The zero-order valence-electron chi connectivity index (χ0n) is 11.6. The molecule has 116 valence electrons. The smallest absolute Gasteiger partial charge is 0.404 e. The molecule has 1 aromatic rings. The maximum absolute atomic E-state index is 13.4. The highest BCUT2D eigenvalue weighted by Gasteiger charge is 2.04. The third-order valence-electron chi connectivity index (χ3n) is 2.42. The van der Waals surface area contributed by atoms with Crippen LogP contribution in [0.25, 0.3) is 0 Å². The van der Waals surface area contributed by atoms with E-state index in [1.807, 2.05) is 5.32 Å². The molecule has 1 aromatic carbocycles. The Kier molecular flexibility index (Phi) is 7.57. The first-order chi connectivity index (χ1) is 10.5. The van der Waals surface area contributed by atoms with Crippen LogP contribution in [0.5, 0.6) is 0 Å². The van der Waals surface area contributed by atoms with Crippen LogP contribution < -0.4 is 10.6 Å². The minimum absolute atomic E-state index is 0.0734.